The Bertz CT molecular complexity index is 2660. The maximum atomic E-state index is 6.30. The molecule has 0 unspecified atom stereocenters. The molecule has 1 aromatic heterocycles. The molecule has 0 saturated heterocycles. The van der Waals surface area contributed by atoms with Crippen LogP contribution in [0.1, 0.15) is 22.3 Å². The minimum absolute atomic E-state index is 0.425. The molecule has 1 heterocycles. The van der Waals surface area contributed by atoms with E-state index in [9.17, 15) is 0 Å². The molecule has 9 aromatic rings. The van der Waals surface area contributed by atoms with E-state index in [1.807, 2.05) is 12.1 Å². The molecule has 0 atom stereocenters. The van der Waals surface area contributed by atoms with Gasteiger partial charge in [0.05, 0.1) is 16.5 Å². The number of rotatable bonds is 6. The van der Waals surface area contributed by atoms with Crippen molar-refractivity contribution in [3.63, 3.8) is 0 Å². The normalized spacial score (nSPS) is 12.9. The Kier molecular flexibility index (Phi) is 6.75. The van der Waals surface area contributed by atoms with E-state index in [0.29, 0.717) is 0 Å². The monoisotopic (exact) mass is 651 g/mol. The van der Waals surface area contributed by atoms with Gasteiger partial charge >= 0.3 is 0 Å². The zero-order chi connectivity index (χ0) is 33.8. The first-order valence-corrected chi connectivity index (χ1v) is 17.5. The number of hydrogen-bond donors (Lipinski definition) is 1. The van der Waals surface area contributed by atoms with Crippen LogP contribution in [-0.4, -0.2) is 0 Å². The fourth-order valence-corrected chi connectivity index (χ4v) is 8.34. The third-order valence-corrected chi connectivity index (χ3v) is 10.6. The molecule has 2 nitrogen and oxygen atoms in total. The summed E-state index contributed by atoms with van der Waals surface area (Å²) < 4.78 is 6.30. The van der Waals surface area contributed by atoms with Crippen LogP contribution in [0.4, 0.5) is 11.4 Å². The van der Waals surface area contributed by atoms with Gasteiger partial charge in [0.15, 0.2) is 0 Å². The van der Waals surface area contributed by atoms with E-state index in [0.717, 1.165) is 44.4 Å². The molecule has 240 valence electrons. The molecule has 2 heteroatoms. The number of hydrogen-bond acceptors (Lipinski definition) is 2. The fraction of sp³-hybridized carbons (Fsp3) is 0.0204. The Hall–Kier alpha value is -6.64. The van der Waals surface area contributed by atoms with Crippen LogP contribution >= 0.6 is 0 Å². The predicted octanol–water partition coefficient (Wildman–Crippen LogP) is 13.0. The summed E-state index contributed by atoms with van der Waals surface area (Å²) in [6, 6.07) is 69.8. The molecule has 0 spiro atoms. The van der Waals surface area contributed by atoms with Crippen LogP contribution in [0.15, 0.2) is 199 Å². The van der Waals surface area contributed by atoms with Crippen molar-refractivity contribution in [2.45, 2.75) is 5.41 Å². The summed E-state index contributed by atoms with van der Waals surface area (Å²) in [5.74, 6) is 0. The van der Waals surface area contributed by atoms with E-state index in [1.165, 1.54) is 44.5 Å². The van der Waals surface area contributed by atoms with Gasteiger partial charge in [-0.3, -0.25) is 0 Å². The maximum Gasteiger partial charge on any atom is 0.137 e. The van der Waals surface area contributed by atoms with E-state index < -0.39 is 5.41 Å². The van der Waals surface area contributed by atoms with Gasteiger partial charge in [-0.15, -0.1) is 0 Å². The van der Waals surface area contributed by atoms with E-state index in [2.05, 4.69) is 187 Å². The molecular formula is C49H33NO. The highest BCUT2D eigenvalue weighted by Crippen LogP contribution is 2.56. The largest absolute Gasteiger partial charge is 0.456 e. The minimum Gasteiger partial charge on any atom is -0.456 e. The number of anilines is 2. The van der Waals surface area contributed by atoms with Gasteiger partial charge < -0.3 is 9.73 Å². The van der Waals surface area contributed by atoms with Crippen LogP contribution in [0, 0.1) is 0 Å². The number of benzene rings is 8. The zero-order valence-electron chi connectivity index (χ0n) is 27.9. The predicted molar refractivity (Wildman–Crippen MR) is 212 cm³/mol. The van der Waals surface area contributed by atoms with Gasteiger partial charge in [0.25, 0.3) is 0 Å². The summed E-state index contributed by atoms with van der Waals surface area (Å²) in [7, 11) is 0. The second-order valence-corrected chi connectivity index (χ2v) is 13.3. The molecule has 10 rings (SSSR count). The Balaban J connectivity index is 1.08. The highest BCUT2D eigenvalue weighted by Gasteiger charge is 2.45. The molecular weight excluding hydrogens is 619 g/mol. The van der Waals surface area contributed by atoms with Crippen molar-refractivity contribution in [3.05, 3.63) is 216 Å². The second-order valence-electron chi connectivity index (χ2n) is 13.3. The van der Waals surface area contributed by atoms with Crippen molar-refractivity contribution in [3.8, 4) is 33.4 Å². The Labute approximate surface area is 297 Å². The van der Waals surface area contributed by atoms with Crippen LogP contribution in [0.3, 0.4) is 0 Å². The lowest BCUT2D eigenvalue weighted by molar-refractivity contribution is 0.669. The van der Waals surface area contributed by atoms with Gasteiger partial charge in [-0.25, -0.2) is 0 Å². The number of fused-ring (bicyclic) bond motifs is 6. The summed E-state index contributed by atoms with van der Waals surface area (Å²) in [5.41, 5.74) is 15.8. The first-order chi connectivity index (χ1) is 25.3. The van der Waals surface area contributed by atoms with Crippen molar-refractivity contribution in [1.29, 1.82) is 0 Å². The zero-order valence-corrected chi connectivity index (χ0v) is 27.9. The van der Waals surface area contributed by atoms with Gasteiger partial charge in [0.1, 0.15) is 11.2 Å². The van der Waals surface area contributed by atoms with Gasteiger partial charge in [-0.2, -0.15) is 0 Å². The van der Waals surface area contributed by atoms with Crippen LogP contribution in [0.2, 0.25) is 0 Å². The minimum atomic E-state index is -0.425. The third kappa shape index (κ3) is 4.57. The van der Waals surface area contributed by atoms with Gasteiger partial charge in [-0.1, -0.05) is 158 Å². The second kappa shape index (κ2) is 11.8. The summed E-state index contributed by atoms with van der Waals surface area (Å²) in [6.07, 6.45) is 0. The van der Waals surface area contributed by atoms with Gasteiger partial charge in [0, 0.05) is 16.6 Å². The molecule has 0 fully saturated rings. The van der Waals surface area contributed by atoms with Crippen molar-refractivity contribution in [1.82, 2.24) is 0 Å². The van der Waals surface area contributed by atoms with Crippen LogP contribution in [-0.2, 0) is 5.41 Å². The fourth-order valence-electron chi connectivity index (χ4n) is 8.34. The average Bonchev–Trinajstić information content (AvgIpc) is 3.74. The van der Waals surface area contributed by atoms with Crippen LogP contribution in [0.25, 0.3) is 55.3 Å². The first kappa shape index (κ1) is 29.3. The average molecular weight is 652 g/mol. The summed E-state index contributed by atoms with van der Waals surface area (Å²) in [6.45, 7) is 0. The van der Waals surface area contributed by atoms with Crippen molar-refractivity contribution in [2.24, 2.45) is 0 Å². The van der Waals surface area contributed by atoms with Crippen molar-refractivity contribution < 1.29 is 4.42 Å². The van der Waals surface area contributed by atoms with E-state index >= 15 is 0 Å². The maximum absolute atomic E-state index is 6.30. The smallest absolute Gasteiger partial charge is 0.137 e. The van der Waals surface area contributed by atoms with E-state index in [4.69, 9.17) is 4.42 Å². The summed E-state index contributed by atoms with van der Waals surface area (Å²) in [4.78, 5) is 0. The molecule has 8 aromatic carbocycles. The third-order valence-electron chi connectivity index (χ3n) is 10.6. The molecule has 0 aliphatic heterocycles. The Morgan fingerprint density at radius 1 is 0.392 bits per heavy atom. The highest BCUT2D eigenvalue weighted by molar-refractivity contribution is 6.15. The molecule has 51 heavy (non-hydrogen) atoms. The molecule has 1 aliphatic rings. The van der Waals surface area contributed by atoms with Gasteiger partial charge in [-0.05, 0) is 86.5 Å². The SMILES string of the molecule is c1ccc(-c2ccc3oc4ccccc4c3c2Nc2ccc(-c3cccc(C4(c5ccccc5)c5ccccc5-c5ccccc54)c3)cc2)cc1. The lowest BCUT2D eigenvalue weighted by atomic mass is 9.67. The van der Waals surface area contributed by atoms with Crippen LogP contribution < -0.4 is 5.32 Å². The van der Waals surface area contributed by atoms with Crippen molar-refractivity contribution >= 4 is 33.3 Å². The first-order valence-electron chi connectivity index (χ1n) is 17.5. The van der Waals surface area contributed by atoms with E-state index in [-0.39, 0.29) is 0 Å². The quantitative estimate of drug-likeness (QED) is 0.194. The number of nitrogens with one attached hydrogen (secondary N) is 1. The summed E-state index contributed by atoms with van der Waals surface area (Å²) >= 11 is 0. The number of para-hydroxylation sites is 1. The lowest BCUT2D eigenvalue weighted by Crippen LogP contribution is -2.28. The highest BCUT2D eigenvalue weighted by atomic mass is 16.3. The molecule has 1 aliphatic carbocycles. The topological polar surface area (TPSA) is 25.2 Å². The standard InChI is InChI=1S/C49H33NO/c1-3-14-34(15-4-1)39-30-31-46-47(42-22-9-12-25-45(42)51-46)48(39)50-38-28-26-33(27-29-38)35-16-13-19-37(32-35)49(36-17-5-2-6-18-36)43-23-10-7-20-40(43)41-21-8-11-24-44(41)49/h1-32,50H. The van der Waals surface area contributed by atoms with Gasteiger partial charge in [0.2, 0.25) is 0 Å². The Morgan fingerprint density at radius 3 is 1.75 bits per heavy atom. The molecule has 0 radical (unpaired) electrons. The van der Waals surface area contributed by atoms with Crippen LogP contribution in [0.5, 0.6) is 0 Å². The molecule has 1 N–H and O–H groups in total. The molecule has 0 amide bonds. The Morgan fingerprint density at radius 2 is 1.00 bits per heavy atom. The summed E-state index contributed by atoms with van der Waals surface area (Å²) in [5, 5.41) is 6.01. The van der Waals surface area contributed by atoms with E-state index in [1.54, 1.807) is 0 Å². The van der Waals surface area contributed by atoms with Crippen molar-refractivity contribution in [2.75, 3.05) is 5.32 Å². The number of furan rings is 1. The molecule has 0 bridgehead atoms. The molecule has 0 saturated carbocycles. The lowest BCUT2D eigenvalue weighted by Gasteiger charge is -2.34.